The molecule has 4 aliphatic carbocycles. The van der Waals surface area contributed by atoms with Crippen molar-refractivity contribution in [1.29, 1.82) is 0 Å². The van der Waals surface area contributed by atoms with Gasteiger partial charge in [0.05, 0.1) is 5.92 Å². The van der Waals surface area contributed by atoms with Gasteiger partial charge in [-0.25, -0.2) is 0 Å². The van der Waals surface area contributed by atoms with Gasteiger partial charge < -0.3 is 9.47 Å². The molecule has 4 rings (SSSR count). The maximum Gasteiger partial charge on any atom is 0.311 e. The standard InChI is InChI=1S/C18H26O3/c1-3-15(20-4-2)21-18(19)14-9-12-8-13(14)17-11-6-5-10(7-11)16(12)17/h5-6,10-17H,3-4,7-9H2,1-2H3. The van der Waals surface area contributed by atoms with E-state index in [0.717, 1.165) is 42.4 Å². The molecule has 116 valence electrons. The van der Waals surface area contributed by atoms with Crippen molar-refractivity contribution in [2.75, 3.05) is 6.61 Å². The van der Waals surface area contributed by atoms with E-state index in [0.29, 0.717) is 12.5 Å². The molecule has 3 nitrogen and oxygen atoms in total. The number of rotatable bonds is 5. The zero-order valence-electron chi connectivity index (χ0n) is 13.0. The molecule has 0 aliphatic heterocycles. The van der Waals surface area contributed by atoms with E-state index in [-0.39, 0.29) is 18.2 Å². The van der Waals surface area contributed by atoms with Crippen LogP contribution < -0.4 is 0 Å². The quantitative estimate of drug-likeness (QED) is 0.337. The highest BCUT2D eigenvalue weighted by atomic mass is 16.7. The number of hydrogen-bond donors (Lipinski definition) is 0. The number of esters is 1. The maximum absolute atomic E-state index is 12.6. The minimum absolute atomic E-state index is 0.00741. The highest BCUT2D eigenvalue weighted by Gasteiger charge is 2.62. The molecule has 0 heterocycles. The molecule has 8 unspecified atom stereocenters. The average Bonchev–Trinajstić information content (AvgIpc) is 3.23. The smallest absolute Gasteiger partial charge is 0.311 e. The monoisotopic (exact) mass is 290 g/mol. The number of carbonyl (C=O) groups is 1. The van der Waals surface area contributed by atoms with Gasteiger partial charge in [0, 0.05) is 13.0 Å². The van der Waals surface area contributed by atoms with Gasteiger partial charge in [-0.05, 0) is 61.7 Å². The van der Waals surface area contributed by atoms with Crippen molar-refractivity contribution in [2.24, 2.45) is 41.4 Å². The molecule has 21 heavy (non-hydrogen) atoms. The van der Waals surface area contributed by atoms with E-state index in [1.165, 1.54) is 12.8 Å². The summed E-state index contributed by atoms with van der Waals surface area (Å²) in [4.78, 5) is 12.6. The van der Waals surface area contributed by atoms with Gasteiger partial charge in [-0.2, -0.15) is 0 Å². The van der Waals surface area contributed by atoms with E-state index in [1.807, 2.05) is 13.8 Å². The van der Waals surface area contributed by atoms with Crippen LogP contribution in [0.2, 0.25) is 0 Å². The zero-order valence-corrected chi connectivity index (χ0v) is 13.0. The van der Waals surface area contributed by atoms with Gasteiger partial charge in [-0.3, -0.25) is 4.79 Å². The van der Waals surface area contributed by atoms with E-state index in [1.54, 1.807) is 0 Å². The van der Waals surface area contributed by atoms with Crippen LogP contribution in [0.3, 0.4) is 0 Å². The summed E-state index contributed by atoms with van der Waals surface area (Å²) in [5, 5.41) is 0. The van der Waals surface area contributed by atoms with Crippen molar-refractivity contribution in [3.05, 3.63) is 12.2 Å². The Morgan fingerprint density at radius 1 is 1.14 bits per heavy atom. The molecule has 4 aliphatic rings. The summed E-state index contributed by atoms with van der Waals surface area (Å²) in [6.07, 6.45) is 8.92. The Balaban J connectivity index is 1.44. The Kier molecular flexibility index (Phi) is 3.36. The van der Waals surface area contributed by atoms with Gasteiger partial charge in [0.25, 0.3) is 0 Å². The Morgan fingerprint density at radius 3 is 2.62 bits per heavy atom. The average molecular weight is 290 g/mol. The predicted octanol–water partition coefficient (Wildman–Crippen LogP) is 3.40. The summed E-state index contributed by atoms with van der Waals surface area (Å²) in [6.45, 7) is 4.55. The molecule has 8 atom stereocenters. The number of carbonyl (C=O) groups excluding carboxylic acids is 1. The lowest BCUT2D eigenvalue weighted by Gasteiger charge is -2.36. The summed E-state index contributed by atoms with van der Waals surface area (Å²) in [5.41, 5.74) is 0. The van der Waals surface area contributed by atoms with Gasteiger partial charge in [0.1, 0.15) is 0 Å². The lowest BCUT2D eigenvalue weighted by Crippen LogP contribution is -2.36. The van der Waals surface area contributed by atoms with Gasteiger partial charge in [-0.15, -0.1) is 0 Å². The molecule has 3 saturated carbocycles. The normalized spacial score (nSPS) is 46.9. The lowest BCUT2D eigenvalue weighted by molar-refractivity contribution is -0.185. The number of fused-ring (bicyclic) bond motifs is 9. The van der Waals surface area contributed by atoms with Crippen LogP contribution in [-0.2, 0) is 14.3 Å². The van der Waals surface area contributed by atoms with Crippen LogP contribution in [0.4, 0.5) is 0 Å². The number of hydrogen-bond acceptors (Lipinski definition) is 3. The van der Waals surface area contributed by atoms with E-state index < -0.39 is 0 Å². The highest BCUT2D eigenvalue weighted by Crippen LogP contribution is 2.67. The fraction of sp³-hybridized carbons (Fsp3) is 0.833. The molecule has 4 bridgehead atoms. The van der Waals surface area contributed by atoms with Crippen molar-refractivity contribution in [1.82, 2.24) is 0 Å². The molecule has 0 spiro atoms. The van der Waals surface area contributed by atoms with Gasteiger partial charge in [0.2, 0.25) is 6.29 Å². The van der Waals surface area contributed by atoms with Crippen LogP contribution in [0, 0.1) is 41.4 Å². The third-order valence-electron chi connectivity index (χ3n) is 6.51. The second-order valence-corrected chi connectivity index (χ2v) is 7.33. The molecule has 0 N–H and O–H groups in total. The lowest BCUT2D eigenvalue weighted by atomic mass is 9.69. The van der Waals surface area contributed by atoms with Crippen LogP contribution in [-0.4, -0.2) is 18.9 Å². The zero-order chi connectivity index (χ0) is 14.6. The van der Waals surface area contributed by atoms with E-state index in [4.69, 9.17) is 9.47 Å². The number of ether oxygens (including phenoxy) is 2. The van der Waals surface area contributed by atoms with E-state index in [9.17, 15) is 4.79 Å². The van der Waals surface area contributed by atoms with Crippen molar-refractivity contribution in [2.45, 2.75) is 45.8 Å². The molecule has 0 saturated heterocycles. The van der Waals surface area contributed by atoms with Crippen molar-refractivity contribution in [3.63, 3.8) is 0 Å². The first-order valence-electron chi connectivity index (χ1n) is 8.73. The topological polar surface area (TPSA) is 35.5 Å². The summed E-state index contributed by atoms with van der Waals surface area (Å²) in [7, 11) is 0. The van der Waals surface area contributed by atoms with Gasteiger partial charge >= 0.3 is 5.97 Å². The summed E-state index contributed by atoms with van der Waals surface area (Å²) in [6, 6.07) is 0. The van der Waals surface area contributed by atoms with Crippen molar-refractivity contribution >= 4 is 5.97 Å². The third kappa shape index (κ3) is 2.00. The fourth-order valence-corrected chi connectivity index (χ4v) is 5.93. The van der Waals surface area contributed by atoms with Gasteiger partial charge in [-0.1, -0.05) is 19.1 Å². The fourth-order valence-electron chi connectivity index (χ4n) is 5.93. The summed E-state index contributed by atoms with van der Waals surface area (Å²) >= 11 is 0. The van der Waals surface area contributed by atoms with Gasteiger partial charge in [0.15, 0.2) is 0 Å². The maximum atomic E-state index is 12.6. The Bertz CT molecular complexity index is 457. The summed E-state index contributed by atoms with van der Waals surface area (Å²) in [5.74, 6) is 4.70. The summed E-state index contributed by atoms with van der Waals surface area (Å²) < 4.78 is 11.1. The Hall–Kier alpha value is -0.830. The minimum Gasteiger partial charge on any atom is -0.436 e. The molecule has 3 fully saturated rings. The van der Waals surface area contributed by atoms with Crippen molar-refractivity contribution in [3.8, 4) is 0 Å². The van der Waals surface area contributed by atoms with Crippen LogP contribution in [0.15, 0.2) is 12.2 Å². The van der Waals surface area contributed by atoms with E-state index >= 15 is 0 Å². The molecule has 0 aromatic heterocycles. The van der Waals surface area contributed by atoms with E-state index in [2.05, 4.69) is 12.2 Å². The molecule has 0 amide bonds. The Labute approximate surface area is 127 Å². The minimum atomic E-state index is -0.350. The molecule has 0 aromatic carbocycles. The first kappa shape index (κ1) is 13.8. The molecule has 0 radical (unpaired) electrons. The van der Waals surface area contributed by atoms with Crippen molar-refractivity contribution < 1.29 is 14.3 Å². The Morgan fingerprint density at radius 2 is 1.90 bits per heavy atom. The van der Waals surface area contributed by atoms with Crippen LogP contribution in [0.1, 0.15) is 39.5 Å². The SMILES string of the molecule is CCOC(CC)OC(=O)C1CC2CC1C1C3C=CC(C3)C21. The van der Waals surface area contributed by atoms with Crippen LogP contribution in [0.5, 0.6) is 0 Å². The number of allylic oxidation sites excluding steroid dienone is 2. The third-order valence-corrected chi connectivity index (χ3v) is 6.51. The molecule has 0 aromatic rings. The molecule has 3 heteroatoms. The highest BCUT2D eigenvalue weighted by molar-refractivity contribution is 5.73. The molecular weight excluding hydrogens is 264 g/mol. The largest absolute Gasteiger partial charge is 0.436 e. The first-order chi connectivity index (χ1) is 10.2. The second-order valence-electron chi connectivity index (χ2n) is 7.33. The molecular formula is C18H26O3. The van der Waals surface area contributed by atoms with Crippen LogP contribution >= 0.6 is 0 Å². The second kappa shape index (κ2) is 5.12. The predicted molar refractivity (Wildman–Crippen MR) is 79.2 cm³/mol. The first-order valence-corrected chi connectivity index (χ1v) is 8.73. The van der Waals surface area contributed by atoms with Crippen LogP contribution in [0.25, 0.3) is 0 Å².